The molecule has 8 heteroatoms. The second-order valence-corrected chi connectivity index (χ2v) is 11.0. The van der Waals surface area contributed by atoms with E-state index in [4.69, 9.17) is 0 Å². The predicted octanol–water partition coefficient (Wildman–Crippen LogP) is 4.80. The first-order valence-electron chi connectivity index (χ1n) is 11.4. The fraction of sp³-hybridized carbons (Fsp3) is 0.480. The monoisotopic (exact) mass is 466 g/mol. The lowest BCUT2D eigenvalue weighted by atomic mass is 9.72. The van der Waals surface area contributed by atoms with Crippen LogP contribution in [0.5, 0.6) is 0 Å². The third kappa shape index (κ3) is 4.49. The predicted molar refractivity (Wildman–Crippen MR) is 131 cm³/mol. The summed E-state index contributed by atoms with van der Waals surface area (Å²) in [5, 5.41) is 11.9. The number of nitrogens with one attached hydrogen (secondary N) is 1. The van der Waals surface area contributed by atoms with E-state index in [9.17, 15) is 14.4 Å². The highest BCUT2D eigenvalue weighted by Gasteiger charge is 2.32. The van der Waals surface area contributed by atoms with Crippen LogP contribution in [-0.2, 0) is 17.6 Å². The van der Waals surface area contributed by atoms with Gasteiger partial charge in [-0.05, 0) is 73.8 Å². The van der Waals surface area contributed by atoms with Crippen molar-refractivity contribution in [2.75, 3.05) is 5.32 Å². The number of rotatable bonds is 5. The second kappa shape index (κ2) is 8.82. The van der Waals surface area contributed by atoms with Crippen LogP contribution in [0.1, 0.15) is 74.3 Å². The van der Waals surface area contributed by atoms with E-state index in [2.05, 4.69) is 36.4 Å². The maximum atomic E-state index is 13.5. The highest BCUT2D eigenvalue weighted by Crippen LogP contribution is 2.41. The molecule has 0 saturated heterocycles. The molecule has 1 aromatic carbocycles. The summed E-state index contributed by atoms with van der Waals surface area (Å²) in [6.45, 7) is 10.1. The number of thiophene rings is 1. The van der Waals surface area contributed by atoms with E-state index in [0.717, 1.165) is 24.8 Å². The van der Waals surface area contributed by atoms with Crippen LogP contribution in [0.4, 0.5) is 5.69 Å². The van der Waals surface area contributed by atoms with E-state index in [-0.39, 0.29) is 22.7 Å². The Bertz CT molecular complexity index is 1270. The lowest BCUT2D eigenvalue weighted by Crippen LogP contribution is -2.35. The highest BCUT2D eigenvalue weighted by atomic mass is 32.1. The number of hydrogen-bond donors (Lipinski definition) is 1. The number of nitrogens with zero attached hydrogens (tertiary/aromatic N) is 3. The van der Waals surface area contributed by atoms with E-state index < -0.39 is 6.04 Å². The number of benzene rings is 1. The number of amides is 1. The first-order valence-corrected chi connectivity index (χ1v) is 12.2. The molecular weight excluding hydrogens is 436 g/mol. The van der Waals surface area contributed by atoms with Gasteiger partial charge in [0.25, 0.3) is 5.56 Å². The Morgan fingerprint density at radius 3 is 2.55 bits per heavy atom. The van der Waals surface area contributed by atoms with Gasteiger partial charge in [-0.3, -0.25) is 14.4 Å². The summed E-state index contributed by atoms with van der Waals surface area (Å²) >= 11 is 1.56. The number of aromatic nitrogens is 3. The first kappa shape index (κ1) is 23.3. The molecule has 2 heterocycles. The quantitative estimate of drug-likeness (QED) is 0.545. The Balaban J connectivity index is 1.64. The average molecular weight is 467 g/mol. The summed E-state index contributed by atoms with van der Waals surface area (Å²) in [6, 6.07) is 5.92. The van der Waals surface area contributed by atoms with E-state index >= 15 is 0 Å². The molecule has 2 unspecified atom stereocenters. The maximum absolute atomic E-state index is 13.5. The van der Waals surface area contributed by atoms with Crippen molar-refractivity contribution in [1.82, 2.24) is 15.0 Å². The zero-order valence-electron chi connectivity index (χ0n) is 19.8. The van der Waals surface area contributed by atoms with Crippen LogP contribution in [0.2, 0.25) is 0 Å². The summed E-state index contributed by atoms with van der Waals surface area (Å²) in [6.07, 6.45) is 3.24. The van der Waals surface area contributed by atoms with E-state index in [1.165, 1.54) is 16.5 Å². The Hall–Kier alpha value is -2.87. The number of Topliss-reactive ketones (excluding diaryl/α,β-unsaturated/α-hetero) is 1. The topological polar surface area (TPSA) is 93.9 Å². The minimum atomic E-state index is -0.775. The number of hydrogen-bond acceptors (Lipinski definition) is 6. The van der Waals surface area contributed by atoms with Crippen LogP contribution in [0.3, 0.4) is 0 Å². The lowest BCUT2D eigenvalue weighted by molar-refractivity contribution is -0.119. The number of fused-ring (bicyclic) bond motifs is 3. The standard InChI is InChI=1S/C25H30N4O3S/c1-6-19(22(31)26-17-10-7-15(8-11-17)14(2)30)29-24(32)21-18-12-9-16(25(3,4)5)13-20(18)33-23(21)27-28-29/h7-8,10-11,16,19H,6,9,12-13H2,1-5H3,(H,26,31). The number of aryl methyl sites for hydroxylation is 1. The minimum Gasteiger partial charge on any atom is -0.324 e. The normalized spacial score (nSPS) is 16.9. The molecule has 3 aromatic rings. The molecule has 33 heavy (non-hydrogen) atoms. The molecule has 0 aliphatic heterocycles. The van der Waals surface area contributed by atoms with Crippen LogP contribution in [0.15, 0.2) is 29.1 Å². The van der Waals surface area contributed by atoms with Gasteiger partial charge in [0.1, 0.15) is 6.04 Å². The van der Waals surface area contributed by atoms with Crippen LogP contribution in [0.25, 0.3) is 10.2 Å². The third-order valence-corrected chi connectivity index (χ3v) is 7.81. The molecule has 1 amide bonds. The first-order chi connectivity index (χ1) is 15.6. The number of carbonyl (C=O) groups excluding carboxylic acids is 2. The van der Waals surface area contributed by atoms with Gasteiger partial charge in [-0.15, -0.1) is 16.4 Å². The second-order valence-electron chi connectivity index (χ2n) is 9.88. The fourth-order valence-electron chi connectivity index (χ4n) is 4.53. The van der Waals surface area contributed by atoms with Crippen LogP contribution >= 0.6 is 11.3 Å². The molecule has 0 radical (unpaired) electrons. The Morgan fingerprint density at radius 2 is 1.94 bits per heavy atom. The van der Waals surface area contributed by atoms with Crippen LogP contribution < -0.4 is 10.9 Å². The van der Waals surface area contributed by atoms with Gasteiger partial charge in [-0.1, -0.05) is 32.9 Å². The molecule has 2 aromatic heterocycles. The molecule has 4 rings (SSSR count). The molecule has 2 atom stereocenters. The van der Waals surface area contributed by atoms with Gasteiger partial charge >= 0.3 is 0 Å². The smallest absolute Gasteiger partial charge is 0.279 e. The maximum Gasteiger partial charge on any atom is 0.279 e. The van der Waals surface area contributed by atoms with E-state index in [1.54, 1.807) is 35.6 Å². The summed E-state index contributed by atoms with van der Waals surface area (Å²) in [5.41, 5.74) is 2.18. The van der Waals surface area contributed by atoms with Gasteiger partial charge in [0.15, 0.2) is 10.6 Å². The zero-order chi connectivity index (χ0) is 23.9. The molecule has 1 N–H and O–H groups in total. The van der Waals surface area contributed by atoms with Crippen LogP contribution in [0, 0.1) is 11.3 Å². The van der Waals surface area contributed by atoms with Crippen molar-refractivity contribution in [3.8, 4) is 0 Å². The zero-order valence-corrected chi connectivity index (χ0v) is 20.6. The lowest BCUT2D eigenvalue weighted by Gasteiger charge is -2.33. The van der Waals surface area contributed by atoms with Crippen molar-refractivity contribution < 1.29 is 9.59 Å². The van der Waals surface area contributed by atoms with Gasteiger partial charge in [0, 0.05) is 16.1 Å². The Morgan fingerprint density at radius 1 is 1.24 bits per heavy atom. The van der Waals surface area contributed by atoms with Gasteiger partial charge in [0.05, 0.1) is 5.39 Å². The molecule has 0 fully saturated rings. The Kier molecular flexibility index (Phi) is 6.22. The molecule has 1 aliphatic carbocycles. The molecule has 0 bridgehead atoms. The molecule has 0 saturated carbocycles. The average Bonchev–Trinajstić information content (AvgIpc) is 3.14. The van der Waals surface area contributed by atoms with E-state index in [0.29, 0.717) is 33.8 Å². The SMILES string of the molecule is CCC(C(=O)Nc1ccc(C(C)=O)cc1)n1nnc2sc3c(c2c1=O)CCC(C(C)(C)C)C3. The summed E-state index contributed by atoms with van der Waals surface area (Å²) < 4.78 is 1.23. The van der Waals surface area contributed by atoms with Gasteiger partial charge in [-0.2, -0.15) is 4.68 Å². The molecular formula is C25H30N4O3S. The number of ketones is 1. The molecule has 0 spiro atoms. The molecule has 174 valence electrons. The van der Waals surface area contributed by atoms with E-state index in [1.807, 2.05) is 6.92 Å². The van der Waals surface area contributed by atoms with Crippen molar-refractivity contribution in [3.63, 3.8) is 0 Å². The Labute approximate surface area is 197 Å². The molecule has 1 aliphatic rings. The van der Waals surface area contributed by atoms with Crippen LogP contribution in [-0.4, -0.2) is 26.7 Å². The fourth-order valence-corrected chi connectivity index (χ4v) is 5.77. The van der Waals surface area contributed by atoms with Crippen molar-refractivity contribution in [3.05, 3.63) is 50.6 Å². The summed E-state index contributed by atoms with van der Waals surface area (Å²) in [5.74, 6) is 0.194. The summed E-state index contributed by atoms with van der Waals surface area (Å²) in [4.78, 5) is 39.8. The van der Waals surface area contributed by atoms with Gasteiger partial charge < -0.3 is 5.32 Å². The number of carbonyl (C=O) groups is 2. The minimum absolute atomic E-state index is 0.0395. The molecule has 7 nitrogen and oxygen atoms in total. The summed E-state index contributed by atoms with van der Waals surface area (Å²) in [7, 11) is 0. The van der Waals surface area contributed by atoms with Crippen molar-refractivity contribution >= 4 is 38.9 Å². The van der Waals surface area contributed by atoms with Crippen molar-refractivity contribution in [2.45, 2.75) is 66.3 Å². The number of anilines is 1. The van der Waals surface area contributed by atoms with Crippen molar-refractivity contribution in [1.29, 1.82) is 0 Å². The largest absolute Gasteiger partial charge is 0.324 e. The van der Waals surface area contributed by atoms with Gasteiger partial charge in [-0.25, -0.2) is 0 Å². The highest BCUT2D eigenvalue weighted by molar-refractivity contribution is 7.18. The van der Waals surface area contributed by atoms with Gasteiger partial charge in [0.2, 0.25) is 5.91 Å². The third-order valence-electron chi connectivity index (χ3n) is 6.67. The van der Waals surface area contributed by atoms with Crippen molar-refractivity contribution in [2.24, 2.45) is 11.3 Å².